The lowest BCUT2D eigenvalue weighted by molar-refractivity contribution is 0.0602. The minimum Gasteiger partial charge on any atom is -0.442 e. The Hall–Kier alpha value is -0.930. The zero-order valence-corrected chi connectivity index (χ0v) is 18.4. The standard InChI is InChI=1S/C16H23BrN2O4S2/c1-14(2,3)23-13(20)18-12-15(4,5)25(21,22)9-16(6,19-12)11-7-10(17)8-24-11/h7-8H,9H2,1-6H3,(H,18,19,20)/t16-/m0/s1. The SMILES string of the molecule is CC(C)(C)OC(=O)/N=C1\N[C@](C)(c2cc(Br)cs2)CS(=O)(=O)C1(C)C. The van der Waals surface area contributed by atoms with Gasteiger partial charge in [-0.3, -0.25) is 0 Å². The fraction of sp³-hybridized carbons (Fsp3) is 0.625. The normalized spacial score (nSPS) is 26.9. The van der Waals surface area contributed by atoms with Crippen LogP contribution in [-0.2, 0) is 20.1 Å². The third kappa shape index (κ3) is 4.25. The summed E-state index contributed by atoms with van der Waals surface area (Å²) in [5, 5.41) is 5.07. The Bertz CT molecular complexity index is 821. The quantitative estimate of drug-likeness (QED) is 0.701. The Kier molecular flexibility index (Phi) is 5.18. The van der Waals surface area contributed by atoms with Gasteiger partial charge in [0.15, 0.2) is 9.84 Å². The van der Waals surface area contributed by atoms with E-state index in [2.05, 4.69) is 26.2 Å². The lowest BCUT2D eigenvalue weighted by Crippen LogP contribution is -2.64. The van der Waals surface area contributed by atoms with Crippen LogP contribution < -0.4 is 5.32 Å². The number of carbonyl (C=O) groups is 1. The number of sulfone groups is 1. The molecular weight excluding hydrogens is 428 g/mol. The average Bonchev–Trinajstić information content (AvgIpc) is 2.81. The van der Waals surface area contributed by atoms with Crippen molar-refractivity contribution in [3.63, 3.8) is 0 Å². The lowest BCUT2D eigenvalue weighted by atomic mass is 10.00. The molecule has 0 radical (unpaired) electrons. The van der Waals surface area contributed by atoms with Crippen LogP contribution in [0.4, 0.5) is 4.79 Å². The smallest absolute Gasteiger partial charge is 0.435 e. The Labute approximate surface area is 161 Å². The Morgan fingerprint density at radius 3 is 2.44 bits per heavy atom. The predicted octanol–water partition coefficient (Wildman–Crippen LogP) is 3.86. The molecule has 140 valence electrons. The highest BCUT2D eigenvalue weighted by molar-refractivity contribution is 9.10. The second kappa shape index (κ2) is 6.35. The van der Waals surface area contributed by atoms with Gasteiger partial charge in [-0.2, -0.15) is 4.99 Å². The summed E-state index contributed by atoms with van der Waals surface area (Å²) in [6.45, 7) is 10.1. The van der Waals surface area contributed by atoms with Crippen molar-refractivity contribution in [3.05, 3.63) is 20.8 Å². The van der Waals surface area contributed by atoms with Crippen LogP contribution >= 0.6 is 27.3 Å². The van der Waals surface area contributed by atoms with E-state index in [1.165, 1.54) is 11.3 Å². The van der Waals surface area contributed by atoms with Crippen molar-refractivity contribution in [1.82, 2.24) is 5.32 Å². The van der Waals surface area contributed by atoms with Crippen molar-refractivity contribution in [2.24, 2.45) is 4.99 Å². The molecule has 1 aliphatic rings. The van der Waals surface area contributed by atoms with Gasteiger partial charge in [-0.05, 0) is 63.5 Å². The largest absolute Gasteiger partial charge is 0.442 e. The van der Waals surface area contributed by atoms with Gasteiger partial charge in [-0.25, -0.2) is 13.2 Å². The minimum atomic E-state index is -3.56. The van der Waals surface area contributed by atoms with Gasteiger partial charge in [0.05, 0.1) is 11.3 Å². The van der Waals surface area contributed by atoms with Gasteiger partial charge in [0.1, 0.15) is 16.2 Å². The molecule has 0 aromatic carbocycles. The summed E-state index contributed by atoms with van der Waals surface area (Å²) in [6.07, 6.45) is -0.810. The van der Waals surface area contributed by atoms with Crippen LogP contribution in [0.25, 0.3) is 0 Å². The second-order valence-corrected chi connectivity index (χ2v) is 12.2. The summed E-state index contributed by atoms with van der Waals surface area (Å²) in [6, 6.07) is 1.87. The molecule has 0 unspecified atom stereocenters. The lowest BCUT2D eigenvalue weighted by Gasteiger charge is -2.42. The van der Waals surface area contributed by atoms with Gasteiger partial charge in [0, 0.05) is 14.7 Å². The number of rotatable bonds is 1. The molecule has 1 saturated heterocycles. The first-order chi connectivity index (χ1) is 11.2. The Morgan fingerprint density at radius 1 is 1.36 bits per heavy atom. The van der Waals surface area contributed by atoms with Crippen molar-refractivity contribution in [3.8, 4) is 0 Å². The number of nitrogens with one attached hydrogen (secondary N) is 1. The van der Waals surface area contributed by atoms with E-state index in [0.29, 0.717) is 0 Å². The second-order valence-electron chi connectivity index (χ2n) is 7.80. The van der Waals surface area contributed by atoms with E-state index in [1.807, 2.05) is 11.4 Å². The first-order valence-corrected chi connectivity index (χ1v) is 11.1. The van der Waals surface area contributed by atoms with Crippen molar-refractivity contribution in [2.75, 3.05) is 5.75 Å². The summed E-state index contributed by atoms with van der Waals surface area (Å²) in [4.78, 5) is 16.9. The molecule has 6 nitrogen and oxygen atoms in total. The summed E-state index contributed by atoms with van der Waals surface area (Å²) in [5.41, 5.74) is -1.58. The van der Waals surface area contributed by atoms with Crippen LogP contribution in [0.5, 0.6) is 0 Å². The zero-order chi connectivity index (χ0) is 19.3. The number of ether oxygens (including phenoxy) is 1. The maximum Gasteiger partial charge on any atom is 0.435 e. The molecule has 1 fully saturated rings. The number of thiophene rings is 1. The molecule has 1 aliphatic heterocycles. The minimum absolute atomic E-state index is 0.0900. The average molecular weight is 451 g/mol. The molecular formula is C16H23BrN2O4S2. The van der Waals surface area contributed by atoms with Crippen LogP contribution in [-0.4, -0.2) is 36.4 Å². The molecule has 1 N–H and O–H groups in total. The van der Waals surface area contributed by atoms with Gasteiger partial charge in [-0.1, -0.05) is 0 Å². The first kappa shape index (κ1) is 20.4. The number of hydrogen-bond acceptors (Lipinski definition) is 5. The molecule has 0 saturated carbocycles. The monoisotopic (exact) mass is 450 g/mol. The summed E-state index contributed by atoms with van der Waals surface area (Å²) >= 11 is 4.83. The van der Waals surface area contributed by atoms with E-state index in [4.69, 9.17) is 4.74 Å². The molecule has 1 atom stereocenters. The number of aliphatic imine (C=N–C) groups is 1. The van der Waals surface area contributed by atoms with Gasteiger partial charge in [0.2, 0.25) is 0 Å². The summed E-state index contributed by atoms with van der Waals surface area (Å²) in [5.74, 6) is 0.00725. The van der Waals surface area contributed by atoms with Crippen LogP contribution in [0.1, 0.15) is 46.4 Å². The van der Waals surface area contributed by atoms with E-state index in [9.17, 15) is 13.2 Å². The van der Waals surface area contributed by atoms with Gasteiger partial charge in [0.25, 0.3) is 0 Å². The van der Waals surface area contributed by atoms with Crippen molar-refractivity contribution in [2.45, 2.75) is 57.4 Å². The highest BCUT2D eigenvalue weighted by Gasteiger charge is 2.52. The number of nitrogens with zero attached hydrogens (tertiary/aromatic N) is 1. The van der Waals surface area contributed by atoms with E-state index in [1.54, 1.807) is 41.5 Å². The van der Waals surface area contributed by atoms with Crippen molar-refractivity contribution >= 4 is 49.0 Å². The van der Waals surface area contributed by atoms with Gasteiger partial charge >= 0.3 is 6.09 Å². The number of halogens is 1. The molecule has 0 aliphatic carbocycles. The number of carbonyl (C=O) groups excluding carboxylic acids is 1. The first-order valence-electron chi connectivity index (χ1n) is 7.73. The van der Waals surface area contributed by atoms with Crippen LogP contribution in [0.2, 0.25) is 0 Å². The summed E-state index contributed by atoms with van der Waals surface area (Å²) < 4.78 is 30.6. The fourth-order valence-electron chi connectivity index (χ4n) is 2.43. The van der Waals surface area contributed by atoms with Gasteiger partial charge < -0.3 is 10.1 Å². The van der Waals surface area contributed by atoms with Crippen molar-refractivity contribution in [1.29, 1.82) is 0 Å². The van der Waals surface area contributed by atoms with Crippen LogP contribution in [0, 0.1) is 0 Å². The Morgan fingerprint density at radius 2 is 1.96 bits per heavy atom. The topological polar surface area (TPSA) is 84.8 Å². The predicted molar refractivity (Wildman–Crippen MR) is 104 cm³/mol. The molecule has 1 amide bonds. The maximum atomic E-state index is 12.9. The van der Waals surface area contributed by atoms with Crippen LogP contribution in [0.15, 0.2) is 20.9 Å². The third-order valence-corrected chi connectivity index (χ3v) is 8.59. The van der Waals surface area contributed by atoms with Crippen LogP contribution in [0.3, 0.4) is 0 Å². The zero-order valence-electron chi connectivity index (χ0n) is 15.1. The number of amidine groups is 1. The highest BCUT2D eigenvalue weighted by Crippen LogP contribution is 2.37. The molecule has 25 heavy (non-hydrogen) atoms. The molecule has 0 bridgehead atoms. The Balaban J connectivity index is 2.48. The van der Waals surface area contributed by atoms with E-state index in [0.717, 1.165) is 9.35 Å². The van der Waals surface area contributed by atoms with E-state index < -0.39 is 31.8 Å². The molecule has 2 heterocycles. The molecule has 1 aromatic rings. The van der Waals surface area contributed by atoms with E-state index in [-0.39, 0.29) is 11.6 Å². The molecule has 0 spiro atoms. The molecule has 1 aromatic heterocycles. The fourth-order valence-corrected chi connectivity index (χ4v) is 5.81. The van der Waals surface area contributed by atoms with Crippen molar-refractivity contribution < 1.29 is 17.9 Å². The van der Waals surface area contributed by atoms with Gasteiger partial charge in [-0.15, -0.1) is 11.3 Å². The molecule has 2 rings (SSSR count). The molecule has 9 heteroatoms. The summed E-state index contributed by atoms with van der Waals surface area (Å²) in [7, 11) is -3.56. The maximum absolute atomic E-state index is 12.9. The third-order valence-electron chi connectivity index (χ3n) is 3.93. The number of hydrogen-bond donors (Lipinski definition) is 1. The number of amides is 1. The highest BCUT2D eigenvalue weighted by atomic mass is 79.9. The van der Waals surface area contributed by atoms with E-state index >= 15 is 0 Å².